The van der Waals surface area contributed by atoms with Crippen molar-refractivity contribution in [1.82, 2.24) is 5.32 Å². The van der Waals surface area contributed by atoms with Crippen molar-refractivity contribution in [3.8, 4) is 0 Å². The summed E-state index contributed by atoms with van der Waals surface area (Å²) >= 11 is 3.76. The quantitative estimate of drug-likeness (QED) is 0.395. The fourth-order valence-electron chi connectivity index (χ4n) is 2.48. The number of rotatable bonds is 1. The molecule has 5 heteroatoms. The van der Waals surface area contributed by atoms with Crippen LogP contribution in [0.1, 0.15) is 25.7 Å². The predicted octanol–water partition coefficient (Wildman–Crippen LogP) is 0.961. The first kappa shape index (κ1) is 11.1. The highest BCUT2D eigenvalue weighted by atomic mass is 32.1. The third-order valence-corrected chi connectivity index (χ3v) is 3.67. The summed E-state index contributed by atoms with van der Waals surface area (Å²) in [5.41, 5.74) is 0.317. The molecule has 0 amide bonds. The van der Waals surface area contributed by atoms with E-state index in [0.29, 0.717) is 12.2 Å². The van der Waals surface area contributed by atoms with Crippen molar-refractivity contribution in [2.45, 2.75) is 25.7 Å². The molecule has 2 rings (SSSR count). The molecule has 1 saturated heterocycles. The van der Waals surface area contributed by atoms with E-state index in [2.05, 4.69) is 18.2 Å². The van der Waals surface area contributed by atoms with Gasteiger partial charge < -0.3 is 9.50 Å². The van der Waals surface area contributed by atoms with E-state index in [9.17, 15) is 4.79 Å². The molecule has 0 aromatic rings. The molecule has 0 aromatic carbocycles. The number of thiol groups is 1. The first-order chi connectivity index (χ1) is 7.17. The Hall–Kier alpha value is -0.415. The number of carbonyl (C=O) groups excluding carboxylic acids is 1. The van der Waals surface area contributed by atoms with Gasteiger partial charge in [-0.1, -0.05) is 0 Å². The van der Waals surface area contributed by atoms with Gasteiger partial charge in [0.05, 0.1) is 0 Å². The van der Waals surface area contributed by atoms with Crippen LogP contribution in [-0.4, -0.2) is 26.7 Å². The predicted molar refractivity (Wildman–Crippen MR) is 61.6 cm³/mol. The van der Waals surface area contributed by atoms with Crippen LogP contribution in [0.5, 0.6) is 0 Å². The number of allylic oxidation sites excluding steroid dienone is 2. The molecule has 1 aliphatic heterocycles. The van der Waals surface area contributed by atoms with Gasteiger partial charge >= 0.3 is 0 Å². The summed E-state index contributed by atoms with van der Waals surface area (Å²) in [5, 5.41) is 3.30. The zero-order chi connectivity index (χ0) is 10.9. The van der Waals surface area contributed by atoms with Gasteiger partial charge in [-0.2, -0.15) is 0 Å². The molecule has 3 nitrogen and oxygen atoms in total. The van der Waals surface area contributed by atoms with Gasteiger partial charge in [-0.15, -0.1) is 0 Å². The average molecular weight is 223 g/mol. The summed E-state index contributed by atoms with van der Waals surface area (Å²) in [6, 6.07) is 0. The lowest BCUT2D eigenvalue weighted by Gasteiger charge is -2.40. The monoisotopic (exact) mass is 223 g/mol. The fraction of sp³-hybridized carbons (Fsp3) is 0.700. The van der Waals surface area contributed by atoms with E-state index < -0.39 is 0 Å². The van der Waals surface area contributed by atoms with Crippen LogP contribution in [0, 0.1) is 5.41 Å². The van der Waals surface area contributed by atoms with E-state index in [-0.39, 0.29) is 16.7 Å². The minimum absolute atomic E-state index is 0.00667. The Bertz CT molecular complexity index is 311. The summed E-state index contributed by atoms with van der Waals surface area (Å²) in [6.07, 6.45) is 3.32. The van der Waals surface area contributed by atoms with Crippen molar-refractivity contribution in [1.29, 1.82) is 0 Å². The van der Waals surface area contributed by atoms with Crippen molar-refractivity contribution >= 4 is 26.5 Å². The number of hydrogen-bond acceptors (Lipinski definition) is 4. The van der Waals surface area contributed by atoms with E-state index in [4.69, 9.17) is 12.0 Å². The van der Waals surface area contributed by atoms with Gasteiger partial charge in [-0.3, -0.25) is 4.79 Å². The standard InChI is InChI=1S/C10H14BNO2S/c11-9-7(13)5-10(6-8(9)14-15)1-3-12-4-2-10/h12,15H,1-6H2. The van der Waals surface area contributed by atoms with Gasteiger partial charge in [0, 0.05) is 25.8 Å². The molecule has 15 heavy (non-hydrogen) atoms. The summed E-state index contributed by atoms with van der Waals surface area (Å²) in [4.78, 5) is 11.7. The Morgan fingerprint density at radius 1 is 1.33 bits per heavy atom. The maximum Gasteiger partial charge on any atom is 0.152 e. The Morgan fingerprint density at radius 2 is 2.00 bits per heavy atom. The van der Waals surface area contributed by atoms with Gasteiger partial charge in [0.2, 0.25) is 0 Å². The molecule has 1 N–H and O–H groups in total. The minimum Gasteiger partial charge on any atom is -0.434 e. The third-order valence-electron chi connectivity index (χ3n) is 3.45. The van der Waals surface area contributed by atoms with E-state index in [0.717, 1.165) is 32.4 Å². The molecule has 0 saturated carbocycles. The maximum atomic E-state index is 11.7. The Labute approximate surface area is 96.7 Å². The second kappa shape index (κ2) is 4.22. The molecule has 2 radical (unpaired) electrons. The van der Waals surface area contributed by atoms with Gasteiger partial charge in [0.15, 0.2) is 5.78 Å². The highest BCUT2D eigenvalue weighted by Gasteiger charge is 2.39. The first-order valence-corrected chi connectivity index (χ1v) is 5.57. The van der Waals surface area contributed by atoms with Crippen molar-refractivity contribution in [3.63, 3.8) is 0 Å². The smallest absolute Gasteiger partial charge is 0.152 e. The number of nitrogens with one attached hydrogen (secondary N) is 1. The second-order valence-electron chi connectivity index (χ2n) is 4.45. The lowest BCUT2D eigenvalue weighted by Crippen LogP contribution is -2.41. The molecule has 1 heterocycles. The van der Waals surface area contributed by atoms with Gasteiger partial charge in [-0.05, 0) is 36.8 Å². The van der Waals surface area contributed by atoms with Crippen LogP contribution in [0.4, 0.5) is 0 Å². The molecule has 0 unspecified atom stereocenters. The molecule has 2 aliphatic rings. The lowest BCUT2D eigenvalue weighted by atomic mass is 9.65. The summed E-state index contributed by atoms with van der Waals surface area (Å²) in [5.74, 6) is 0.559. The normalized spacial score (nSPS) is 25.8. The number of piperidine rings is 1. The van der Waals surface area contributed by atoms with Crippen molar-refractivity contribution in [2.75, 3.05) is 13.1 Å². The first-order valence-electron chi connectivity index (χ1n) is 5.21. The molecule has 0 bridgehead atoms. The number of ketones is 1. The molecule has 80 valence electrons. The topological polar surface area (TPSA) is 38.3 Å². The number of Topliss-reactive ketones (excluding diaryl/α,β-unsaturated/α-hetero) is 1. The minimum atomic E-state index is 0.00667. The molecular weight excluding hydrogens is 209 g/mol. The maximum absolute atomic E-state index is 11.7. The Kier molecular flexibility index (Phi) is 3.12. The van der Waals surface area contributed by atoms with Crippen LogP contribution in [0.2, 0.25) is 0 Å². The second-order valence-corrected chi connectivity index (χ2v) is 4.64. The molecule has 1 spiro atoms. The van der Waals surface area contributed by atoms with Crippen LogP contribution in [0.3, 0.4) is 0 Å². The van der Waals surface area contributed by atoms with E-state index >= 15 is 0 Å². The molecule has 1 aliphatic carbocycles. The lowest BCUT2D eigenvalue weighted by molar-refractivity contribution is -0.118. The van der Waals surface area contributed by atoms with Crippen LogP contribution >= 0.6 is 12.9 Å². The SMILES string of the molecule is [B]C1=C(OS)CC2(CCNCC2)CC1=O. The van der Waals surface area contributed by atoms with Crippen molar-refractivity contribution < 1.29 is 8.98 Å². The summed E-state index contributed by atoms with van der Waals surface area (Å²) in [7, 11) is 5.66. The molecule has 0 aromatic heterocycles. The van der Waals surface area contributed by atoms with Crippen LogP contribution in [-0.2, 0) is 8.98 Å². The average Bonchev–Trinajstić information content (AvgIpc) is 2.25. The largest absolute Gasteiger partial charge is 0.434 e. The Morgan fingerprint density at radius 3 is 2.60 bits per heavy atom. The van der Waals surface area contributed by atoms with Gasteiger partial charge in [-0.25, -0.2) is 0 Å². The van der Waals surface area contributed by atoms with Crippen molar-refractivity contribution in [3.05, 3.63) is 11.2 Å². The zero-order valence-corrected chi connectivity index (χ0v) is 9.48. The van der Waals surface area contributed by atoms with E-state index in [1.807, 2.05) is 0 Å². The zero-order valence-electron chi connectivity index (χ0n) is 8.58. The highest BCUT2D eigenvalue weighted by molar-refractivity contribution is 7.75. The van der Waals surface area contributed by atoms with Crippen LogP contribution < -0.4 is 5.32 Å². The van der Waals surface area contributed by atoms with Crippen LogP contribution in [0.15, 0.2) is 11.2 Å². The Balaban J connectivity index is 2.22. The highest BCUT2D eigenvalue weighted by Crippen LogP contribution is 2.43. The van der Waals surface area contributed by atoms with Crippen molar-refractivity contribution in [2.24, 2.45) is 5.41 Å². The summed E-state index contributed by atoms with van der Waals surface area (Å²) < 4.78 is 4.91. The number of hydrogen-bond donors (Lipinski definition) is 2. The number of carbonyl (C=O) groups is 1. The van der Waals surface area contributed by atoms with Gasteiger partial charge in [0.25, 0.3) is 0 Å². The van der Waals surface area contributed by atoms with Gasteiger partial charge in [0.1, 0.15) is 13.6 Å². The third kappa shape index (κ3) is 2.08. The van der Waals surface area contributed by atoms with Crippen LogP contribution in [0.25, 0.3) is 0 Å². The van der Waals surface area contributed by atoms with E-state index in [1.54, 1.807) is 0 Å². The molecule has 1 fully saturated rings. The molecular formula is C10H14BNO2S. The fourth-order valence-corrected chi connectivity index (χ4v) is 2.64. The molecule has 0 atom stereocenters. The van der Waals surface area contributed by atoms with E-state index in [1.165, 1.54) is 0 Å². The summed E-state index contributed by atoms with van der Waals surface area (Å²) in [6.45, 7) is 1.93.